The van der Waals surface area contributed by atoms with Gasteiger partial charge in [-0.1, -0.05) is 0 Å². The summed E-state index contributed by atoms with van der Waals surface area (Å²) in [4.78, 5) is 4.87. The number of nitrogens with zero attached hydrogens (tertiary/aromatic N) is 9. The summed E-state index contributed by atoms with van der Waals surface area (Å²) in [6.45, 7) is 0. The van der Waals surface area contributed by atoms with Crippen LogP contribution in [0, 0.1) is 11.6 Å². The fourth-order valence-electron chi connectivity index (χ4n) is 3.85. The molecule has 0 amide bonds. The molecule has 0 radical (unpaired) electrons. The van der Waals surface area contributed by atoms with Crippen LogP contribution in [0.15, 0.2) is 110 Å². The molecule has 0 atom stereocenters. The van der Waals surface area contributed by atoms with Crippen molar-refractivity contribution in [1.82, 2.24) is 38.8 Å². The number of hydrogen-bond donors (Lipinski definition) is 0. The Bertz CT molecular complexity index is 1430. The van der Waals surface area contributed by atoms with Crippen LogP contribution in [-0.4, -0.2) is 38.8 Å². The monoisotopic (exact) mass is 651 g/mol. The number of rotatable bonds is 6. The minimum absolute atomic E-state index is 0.184. The Kier molecular flexibility index (Phi) is 4.80. The van der Waals surface area contributed by atoms with Gasteiger partial charge in [0.15, 0.2) is 0 Å². The van der Waals surface area contributed by atoms with Gasteiger partial charge in [0.2, 0.25) is 0 Å². The average molecular weight is 651 g/mol. The number of benzene rings is 1. The molecule has 35 heavy (non-hydrogen) atoms. The van der Waals surface area contributed by atoms with Crippen molar-refractivity contribution in [3.8, 4) is 11.1 Å². The van der Waals surface area contributed by atoms with Gasteiger partial charge in [-0.3, -0.25) is 0 Å². The van der Waals surface area contributed by atoms with Gasteiger partial charge in [-0.2, -0.15) is 0 Å². The Morgan fingerprint density at radius 3 is 1.51 bits per heavy atom. The van der Waals surface area contributed by atoms with Crippen molar-refractivity contribution in [3.63, 3.8) is 0 Å². The van der Waals surface area contributed by atoms with Crippen LogP contribution in [0.2, 0.25) is 0 Å². The molecule has 0 unspecified atom stereocenters. The van der Waals surface area contributed by atoms with E-state index in [1.165, 1.54) is 12.1 Å². The van der Waals surface area contributed by atoms with Crippen molar-refractivity contribution in [3.05, 3.63) is 122 Å². The van der Waals surface area contributed by atoms with Gasteiger partial charge in [-0.05, 0) is 0 Å². The maximum atomic E-state index is 15.3. The van der Waals surface area contributed by atoms with E-state index in [9.17, 15) is 4.39 Å². The van der Waals surface area contributed by atoms with Gasteiger partial charge in [0.1, 0.15) is 0 Å². The van der Waals surface area contributed by atoms with Crippen molar-refractivity contribution in [1.29, 1.82) is 0 Å². The van der Waals surface area contributed by atoms with E-state index >= 15 is 4.39 Å². The Labute approximate surface area is 199 Å². The second-order valence-corrected chi connectivity index (χ2v) is 17.7. The van der Waals surface area contributed by atoms with Crippen molar-refractivity contribution >= 4 is 4.21 Å². The van der Waals surface area contributed by atoms with Crippen LogP contribution in [0.4, 0.5) is 8.78 Å². The van der Waals surface area contributed by atoms with Crippen LogP contribution in [0.1, 0.15) is 0 Å². The molecule has 0 aliphatic carbocycles. The van der Waals surface area contributed by atoms with Crippen molar-refractivity contribution < 1.29 is 23.8 Å². The zero-order chi connectivity index (χ0) is 23.9. The fourth-order valence-corrected chi connectivity index (χ4v) is 17.5. The first-order valence-electron chi connectivity index (χ1n) is 10.3. The van der Waals surface area contributed by atoms with Crippen LogP contribution in [0.3, 0.4) is 0 Å². The van der Waals surface area contributed by atoms with Gasteiger partial charge in [0.05, 0.1) is 0 Å². The van der Waals surface area contributed by atoms with Crippen LogP contribution >= 0.6 is 0 Å². The van der Waals surface area contributed by atoms with E-state index in [1.54, 1.807) is 80.8 Å². The Morgan fingerprint density at radius 1 is 0.571 bits per heavy atom. The molecule has 9 nitrogen and oxygen atoms in total. The van der Waals surface area contributed by atoms with Crippen LogP contribution < -0.4 is 4.21 Å². The predicted octanol–water partition coefficient (Wildman–Crippen LogP) is 2.98. The van der Waals surface area contributed by atoms with Gasteiger partial charge in [-0.25, -0.2) is 0 Å². The molecule has 0 aliphatic heterocycles. The zero-order valence-electron chi connectivity index (χ0n) is 18.0. The van der Waals surface area contributed by atoms with Crippen molar-refractivity contribution in [2.45, 2.75) is 0 Å². The normalized spacial score (nSPS) is 12.9. The molecule has 0 fully saturated rings. The molecule has 0 saturated carbocycles. The van der Waals surface area contributed by atoms with Gasteiger partial charge < -0.3 is 0 Å². The van der Waals surface area contributed by atoms with Crippen LogP contribution in [-0.2, 0) is 15.0 Å². The topological polar surface area (TPSA) is 84.2 Å². The Hall–Kier alpha value is -4.28. The van der Waals surface area contributed by atoms with E-state index in [0.29, 0.717) is 9.77 Å². The summed E-state index contributed by atoms with van der Waals surface area (Å²) in [7, 11) is 0. The second-order valence-electron chi connectivity index (χ2n) is 7.14. The first-order valence-corrected chi connectivity index (χ1v) is 15.8. The summed E-state index contributed by atoms with van der Waals surface area (Å²) in [5.41, 5.74) is 0.627. The Balaban J connectivity index is 1.90. The van der Waals surface area contributed by atoms with Gasteiger partial charge in [0.25, 0.3) is 0 Å². The number of aromatic nitrogens is 9. The van der Waals surface area contributed by atoms with E-state index in [4.69, 9.17) is 25.4 Å². The van der Waals surface area contributed by atoms with E-state index in [2.05, 4.69) is 0 Å². The summed E-state index contributed by atoms with van der Waals surface area (Å²) >= 11 is -5.52. The summed E-state index contributed by atoms with van der Waals surface area (Å²) in [5, 5.41) is 18.8. The predicted molar refractivity (Wildman–Crippen MR) is 120 cm³/mol. The molecule has 0 saturated heterocycles. The Morgan fingerprint density at radius 2 is 1.09 bits per heavy atom. The third-order valence-electron chi connectivity index (χ3n) is 5.21. The molecule has 6 rings (SSSR count). The molecule has 12 heteroatoms. The standard InChI is InChI=1S/C11H6F2N.4C3H3N2.Ir/c12-9-3-4-10(11(13)6-9)8-2-1-5-14-7-8;4*1-2-4-5-3-1;/h1-6H;4*1-3H;/q;4*-1;+4. The molecule has 178 valence electrons. The van der Waals surface area contributed by atoms with E-state index in [1.807, 2.05) is 24.8 Å². The molecule has 0 N–H and O–H groups in total. The molecule has 5 heterocycles. The number of halogens is 2. The summed E-state index contributed by atoms with van der Waals surface area (Å²) in [5.74, 6) is -1.38. The summed E-state index contributed by atoms with van der Waals surface area (Å²) < 4.78 is 36.7. The minimum atomic E-state index is -5.52. The molecule has 0 bridgehead atoms. The quantitative estimate of drug-likeness (QED) is 0.277. The molecule has 0 spiro atoms. The average Bonchev–Trinajstić information content (AvgIpc) is 3.70. The summed E-state index contributed by atoms with van der Waals surface area (Å²) in [6, 6.07) is 14.1. The maximum absolute atomic E-state index is 15.3. The molecule has 6 aromatic rings. The van der Waals surface area contributed by atoms with Gasteiger partial charge in [0, 0.05) is 0 Å². The number of pyridine rings is 1. The molecule has 1 aromatic carbocycles. The number of hydrogen-bond acceptors (Lipinski definition) is 5. The first kappa shape index (κ1) is 21.3. The molecule has 0 aliphatic rings. The second kappa shape index (κ2) is 7.90. The summed E-state index contributed by atoms with van der Waals surface area (Å²) in [6.07, 6.45) is 15.5. The zero-order valence-corrected chi connectivity index (χ0v) is 20.4. The van der Waals surface area contributed by atoms with E-state index in [-0.39, 0.29) is 5.56 Å². The van der Waals surface area contributed by atoms with Gasteiger partial charge >= 0.3 is 200 Å². The third-order valence-corrected chi connectivity index (χ3v) is 18.8. The molecule has 5 aromatic heterocycles. The van der Waals surface area contributed by atoms with Crippen molar-refractivity contribution in [2.24, 2.45) is 0 Å². The first-order chi connectivity index (χ1) is 17.2. The molecular formula is C23H18F2IrN9. The molecular weight excluding hydrogens is 633 g/mol. The van der Waals surface area contributed by atoms with Crippen molar-refractivity contribution in [2.75, 3.05) is 0 Å². The SMILES string of the molecule is Fc1ccc(-c2cccn[c]2[Ir]([n]2cccn2)([n]2cccn2)([n]2cccn2)[n]2cccn2)c(F)c1. The van der Waals surface area contributed by atoms with Gasteiger partial charge in [-0.15, -0.1) is 0 Å². The third kappa shape index (κ3) is 2.71. The van der Waals surface area contributed by atoms with Crippen LogP contribution in [0.25, 0.3) is 11.1 Å². The van der Waals surface area contributed by atoms with Crippen LogP contribution in [0.5, 0.6) is 0 Å². The van der Waals surface area contributed by atoms with E-state index in [0.717, 1.165) is 6.07 Å². The fraction of sp³-hybridized carbons (Fsp3) is 0. The van der Waals surface area contributed by atoms with E-state index < -0.39 is 26.7 Å².